The predicted molar refractivity (Wildman–Crippen MR) is 106 cm³/mol. The molecule has 1 aliphatic heterocycles. The van der Waals surface area contributed by atoms with Gasteiger partial charge in [-0.3, -0.25) is 0 Å². The van der Waals surface area contributed by atoms with Crippen LogP contribution in [0.4, 0.5) is 0 Å². The summed E-state index contributed by atoms with van der Waals surface area (Å²) in [7, 11) is -1.96. The van der Waals surface area contributed by atoms with E-state index in [1.807, 2.05) is 0 Å². The maximum atomic E-state index is 13.0. The predicted octanol–water partition coefficient (Wildman–Crippen LogP) is 3.80. The summed E-state index contributed by atoms with van der Waals surface area (Å²) in [5.41, 5.74) is 0.705. The van der Waals surface area contributed by atoms with Gasteiger partial charge in [0.25, 0.3) is 0 Å². The Labute approximate surface area is 159 Å². The number of methoxy groups -OCH3 is 1. The van der Waals surface area contributed by atoms with E-state index in [4.69, 9.17) is 4.74 Å². The molecule has 1 aromatic rings. The molecule has 2 N–H and O–H groups in total. The van der Waals surface area contributed by atoms with E-state index in [-0.39, 0.29) is 23.0 Å². The number of sulfonamides is 1. The molecule has 0 radical (unpaired) electrons. The standard InChI is InChI=1S/C20H34N2O3S/c1-8-14(2)17-11-16(9-10-18(17)25-7)26(23,24)21-15-12-19(3,4)22-20(5,6)13-15/h9-11,14-15,21-22H,8,12-13H2,1-7H3. The van der Waals surface area contributed by atoms with Crippen LogP contribution < -0.4 is 14.8 Å². The van der Waals surface area contributed by atoms with E-state index in [0.717, 1.165) is 30.6 Å². The lowest BCUT2D eigenvalue weighted by atomic mass is 9.80. The lowest BCUT2D eigenvalue weighted by Crippen LogP contribution is -2.62. The molecule has 2 rings (SSSR count). The lowest BCUT2D eigenvalue weighted by molar-refractivity contribution is 0.157. The first kappa shape index (κ1) is 21.2. The van der Waals surface area contributed by atoms with Crippen molar-refractivity contribution in [3.05, 3.63) is 23.8 Å². The van der Waals surface area contributed by atoms with Crippen LogP contribution in [0.1, 0.15) is 72.3 Å². The second-order valence-corrected chi connectivity index (χ2v) is 10.5. The van der Waals surface area contributed by atoms with Crippen molar-refractivity contribution >= 4 is 10.0 Å². The average Bonchev–Trinajstić information content (AvgIpc) is 2.49. The minimum atomic E-state index is -3.58. The van der Waals surface area contributed by atoms with E-state index in [0.29, 0.717) is 4.90 Å². The molecule has 1 aliphatic rings. The van der Waals surface area contributed by atoms with Crippen molar-refractivity contribution in [1.82, 2.24) is 10.0 Å². The van der Waals surface area contributed by atoms with Crippen LogP contribution in [-0.2, 0) is 10.0 Å². The first-order valence-electron chi connectivity index (χ1n) is 9.39. The highest BCUT2D eigenvalue weighted by atomic mass is 32.2. The van der Waals surface area contributed by atoms with Gasteiger partial charge in [0.1, 0.15) is 5.75 Å². The van der Waals surface area contributed by atoms with Gasteiger partial charge < -0.3 is 10.1 Å². The van der Waals surface area contributed by atoms with Crippen LogP contribution in [0.2, 0.25) is 0 Å². The number of rotatable bonds is 6. The molecule has 148 valence electrons. The van der Waals surface area contributed by atoms with E-state index >= 15 is 0 Å². The summed E-state index contributed by atoms with van der Waals surface area (Å²) in [5.74, 6) is 0.972. The summed E-state index contributed by atoms with van der Waals surface area (Å²) in [6.07, 6.45) is 2.43. The molecule has 0 aliphatic carbocycles. The highest BCUT2D eigenvalue weighted by Crippen LogP contribution is 2.32. The maximum absolute atomic E-state index is 13.0. The smallest absolute Gasteiger partial charge is 0.240 e. The summed E-state index contributed by atoms with van der Waals surface area (Å²) in [6.45, 7) is 12.6. The second kappa shape index (κ2) is 7.49. The summed E-state index contributed by atoms with van der Waals surface area (Å²) in [5, 5.41) is 3.58. The van der Waals surface area contributed by atoms with Crippen molar-refractivity contribution in [1.29, 1.82) is 0 Å². The maximum Gasteiger partial charge on any atom is 0.240 e. The number of piperidine rings is 1. The van der Waals surface area contributed by atoms with E-state index in [1.165, 1.54) is 0 Å². The van der Waals surface area contributed by atoms with Gasteiger partial charge in [-0.25, -0.2) is 13.1 Å². The number of nitrogens with one attached hydrogen (secondary N) is 2. The number of ether oxygens (including phenoxy) is 1. The van der Waals surface area contributed by atoms with Gasteiger partial charge in [0.15, 0.2) is 0 Å². The topological polar surface area (TPSA) is 67.4 Å². The Balaban J connectivity index is 2.30. The fraction of sp³-hybridized carbons (Fsp3) is 0.700. The zero-order valence-electron chi connectivity index (χ0n) is 17.1. The lowest BCUT2D eigenvalue weighted by Gasteiger charge is -2.46. The van der Waals surface area contributed by atoms with Crippen LogP contribution in [0.3, 0.4) is 0 Å². The van der Waals surface area contributed by atoms with Gasteiger partial charge in [-0.1, -0.05) is 13.8 Å². The van der Waals surface area contributed by atoms with Crippen LogP contribution in [0.5, 0.6) is 5.75 Å². The Kier molecular flexibility index (Phi) is 6.10. The minimum absolute atomic E-state index is 0.0969. The second-order valence-electron chi connectivity index (χ2n) is 8.83. The van der Waals surface area contributed by atoms with Crippen LogP contribution in [0.25, 0.3) is 0 Å². The Morgan fingerprint density at radius 3 is 2.31 bits per heavy atom. The van der Waals surface area contributed by atoms with Crippen molar-refractivity contribution in [3.8, 4) is 5.75 Å². The molecule has 0 spiro atoms. The molecule has 1 atom stereocenters. The van der Waals surface area contributed by atoms with Gasteiger partial charge >= 0.3 is 0 Å². The van der Waals surface area contributed by atoms with Gasteiger partial charge in [-0.2, -0.15) is 0 Å². The van der Waals surface area contributed by atoms with Crippen LogP contribution >= 0.6 is 0 Å². The van der Waals surface area contributed by atoms with Crippen molar-refractivity contribution in [2.45, 2.75) is 88.7 Å². The molecule has 0 aromatic heterocycles. The Bertz CT molecular complexity index is 725. The monoisotopic (exact) mass is 382 g/mol. The van der Waals surface area contributed by atoms with Crippen molar-refractivity contribution in [2.24, 2.45) is 0 Å². The summed E-state index contributed by atoms with van der Waals surface area (Å²) in [4.78, 5) is 0.308. The van der Waals surface area contributed by atoms with Crippen LogP contribution in [-0.4, -0.2) is 32.6 Å². The zero-order chi connectivity index (χ0) is 19.8. The van der Waals surface area contributed by atoms with Gasteiger partial charge in [0.05, 0.1) is 12.0 Å². The first-order valence-corrected chi connectivity index (χ1v) is 10.9. The number of hydrogen-bond donors (Lipinski definition) is 2. The highest BCUT2D eigenvalue weighted by molar-refractivity contribution is 7.89. The highest BCUT2D eigenvalue weighted by Gasteiger charge is 2.39. The molecular weight excluding hydrogens is 348 g/mol. The third kappa shape index (κ3) is 4.99. The molecule has 1 unspecified atom stereocenters. The fourth-order valence-corrected chi connectivity index (χ4v) is 5.45. The normalized spacial score (nSPS) is 21.3. The summed E-state index contributed by atoms with van der Waals surface area (Å²) >= 11 is 0. The van der Waals surface area contributed by atoms with E-state index in [1.54, 1.807) is 25.3 Å². The van der Waals surface area contributed by atoms with Gasteiger partial charge in [-0.15, -0.1) is 0 Å². The average molecular weight is 383 g/mol. The van der Waals surface area contributed by atoms with Gasteiger partial charge in [-0.05, 0) is 76.6 Å². The van der Waals surface area contributed by atoms with Crippen molar-refractivity contribution in [2.75, 3.05) is 7.11 Å². The molecule has 1 aromatic carbocycles. The van der Waals surface area contributed by atoms with Crippen molar-refractivity contribution in [3.63, 3.8) is 0 Å². The first-order chi connectivity index (χ1) is 11.9. The number of hydrogen-bond acceptors (Lipinski definition) is 4. The SMILES string of the molecule is CCC(C)c1cc(S(=O)(=O)NC2CC(C)(C)NC(C)(C)C2)ccc1OC. The molecule has 26 heavy (non-hydrogen) atoms. The van der Waals surface area contributed by atoms with Gasteiger partial charge in [0.2, 0.25) is 10.0 Å². The van der Waals surface area contributed by atoms with E-state index < -0.39 is 10.0 Å². The van der Waals surface area contributed by atoms with E-state index in [2.05, 4.69) is 51.6 Å². The Morgan fingerprint density at radius 2 is 1.81 bits per heavy atom. The molecule has 1 heterocycles. The molecule has 1 fully saturated rings. The molecular formula is C20H34N2O3S. The molecule has 6 heteroatoms. The van der Waals surface area contributed by atoms with Crippen LogP contribution in [0.15, 0.2) is 23.1 Å². The fourth-order valence-electron chi connectivity index (χ4n) is 4.18. The van der Waals surface area contributed by atoms with E-state index in [9.17, 15) is 8.42 Å². The quantitative estimate of drug-likeness (QED) is 0.785. The molecule has 0 amide bonds. The van der Waals surface area contributed by atoms with Crippen LogP contribution in [0, 0.1) is 0 Å². The van der Waals surface area contributed by atoms with Gasteiger partial charge in [0, 0.05) is 17.1 Å². The Hall–Kier alpha value is -1.11. The third-order valence-electron chi connectivity index (χ3n) is 5.17. The zero-order valence-corrected chi connectivity index (χ0v) is 18.0. The summed E-state index contributed by atoms with van der Waals surface area (Å²) in [6, 6.07) is 5.05. The summed E-state index contributed by atoms with van der Waals surface area (Å²) < 4.78 is 34.4. The molecule has 1 saturated heterocycles. The third-order valence-corrected chi connectivity index (χ3v) is 6.68. The largest absolute Gasteiger partial charge is 0.496 e. The molecule has 0 bridgehead atoms. The molecule has 0 saturated carbocycles. The minimum Gasteiger partial charge on any atom is -0.496 e. The Morgan fingerprint density at radius 1 is 1.23 bits per heavy atom. The number of benzene rings is 1. The molecule has 5 nitrogen and oxygen atoms in total. The van der Waals surface area contributed by atoms with Crippen molar-refractivity contribution < 1.29 is 13.2 Å².